The van der Waals surface area contributed by atoms with Gasteiger partial charge < -0.3 is 19.5 Å². The van der Waals surface area contributed by atoms with Crippen LogP contribution in [0.15, 0.2) is 0 Å². The van der Waals surface area contributed by atoms with Crippen molar-refractivity contribution in [2.75, 3.05) is 27.3 Å². The van der Waals surface area contributed by atoms with Crippen LogP contribution in [0.4, 0.5) is 0 Å². The van der Waals surface area contributed by atoms with E-state index in [2.05, 4.69) is 9.47 Å². The van der Waals surface area contributed by atoms with Gasteiger partial charge in [0.1, 0.15) is 13.1 Å². The number of hydrogen-bond donors (Lipinski definition) is 1. The fourth-order valence-electron chi connectivity index (χ4n) is 1.63. The predicted molar refractivity (Wildman–Crippen MR) is 59.8 cm³/mol. The van der Waals surface area contributed by atoms with Crippen molar-refractivity contribution >= 4 is 23.8 Å². The number of rotatable bonds is 6. The summed E-state index contributed by atoms with van der Waals surface area (Å²) in [6.45, 7) is -0.819. The number of ether oxygens (including phenoxy) is 2. The molecule has 1 fully saturated rings. The summed E-state index contributed by atoms with van der Waals surface area (Å²) >= 11 is 0. The van der Waals surface area contributed by atoms with Crippen LogP contribution in [0, 0.1) is 11.8 Å². The minimum atomic E-state index is -1.06. The molecule has 0 heterocycles. The summed E-state index contributed by atoms with van der Waals surface area (Å²) in [6, 6.07) is 0. The van der Waals surface area contributed by atoms with E-state index in [1.165, 1.54) is 0 Å². The van der Waals surface area contributed by atoms with Crippen LogP contribution < -0.4 is 0 Å². The third-order valence-electron chi connectivity index (χ3n) is 2.83. The SMILES string of the molecule is COC(=O)CN(CC(=O)OC)C(=O)C1CC1C(=O)O. The van der Waals surface area contributed by atoms with Gasteiger partial charge in [0.2, 0.25) is 5.91 Å². The summed E-state index contributed by atoms with van der Waals surface area (Å²) in [4.78, 5) is 46.0. The van der Waals surface area contributed by atoms with Crippen LogP contribution in [0.1, 0.15) is 6.42 Å². The van der Waals surface area contributed by atoms with E-state index in [9.17, 15) is 19.2 Å². The van der Waals surface area contributed by atoms with E-state index in [-0.39, 0.29) is 6.42 Å². The number of carbonyl (C=O) groups excluding carboxylic acids is 3. The van der Waals surface area contributed by atoms with Gasteiger partial charge in [-0.25, -0.2) is 0 Å². The normalized spacial score (nSPS) is 20.3. The Labute approximate surface area is 109 Å². The Balaban J connectivity index is 2.67. The molecule has 19 heavy (non-hydrogen) atoms. The van der Waals surface area contributed by atoms with E-state index in [1.54, 1.807) is 0 Å². The molecule has 0 aromatic heterocycles. The van der Waals surface area contributed by atoms with Gasteiger partial charge in [0, 0.05) is 0 Å². The molecule has 106 valence electrons. The molecular weight excluding hydrogens is 258 g/mol. The summed E-state index contributed by atoms with van der Waals surface area (Å²) in [5.41, 5.74) is 0. The molecule has 8 heteroatoms. The molecule has 1 aliphatic rings. The molecule has 1 amide bonds. The zero-order valence-electron chi connectivity index (χ0n) is 10.6. The highest BCUT2D eigenvalue weighted by atomic mass is 16.5. The van der Waals surface area contributed by atoms with Crippen molar-refractivity contribution in [1.82, 2.24) is 4.90 Å². The first kappa shape index (κ1) is 14.9. The van der Waals surface area contributed by atoms with Gasteiger partial charge in [0.15, 0.2) is 0 Å². The second kappa shape index (κ2) is 6.17. The highest BCUT2D eigenvalue weighted by molar-refractivity contribution is 5.93. The van der Waals surface area contributed by atoms with Crippen molar-refractivity contribution in [2.24, 2.45) is 11.8 Å². The molecule has 1 rings (SSSR count). The number of amides is 1. The summed E-state index contributed by atoms with van der Waals surface area (Å²) in [6.07, 6.45) is 0.215. The Morgan fingerprint density at radius 3 is 1.84 bits per heavy atom. The van der Waals surface area contributed by atoms with E-state index < -0.39 is 48.7 Å². The molecule has 0 spiro atoms. The fraction of sp³-hybridized carbons (Fsp3) is 0.636. The third-order valence-corrected chi connectivity index (χ3v) is 2.83. The minimum absolute atomic E-state index is 0.215. The van der Waals surface area contributed by atoms with Crippen LogP contribution in [0.5, 0.6) is 0 Å². The first-order valence-corrected chi connectivity index (χ1v) is 5.56. The Hall–Kier alpha value is -2.12. The summed E-state index contributed by atoms with van der Waals surface area (Å²) in [5, 5.41) is 8.76. The minimum Gasteiger partial charge on any atom is -0.481 e. The van der Waals surface area contributed by atoms with E-state index in [4.69, 9.17) is 5.11 Å². The number of nitrogens with zero attached hydrogens (tertiary/aromatic N) is 1. The van der Waals surface area contributed by atoms with Crippen molar-refractivity contribution in [3.05, 3.63) is 0 Å². The fourth-order valence-corrected chi connectivity index (χ4v) is 1.63. The van der Waals surface area contributed by atoms with Gasteiger partial charge in [-0.05, 0) is 6.42 Å². The molecule has 0 saturated heterocycles. The average Bonchev–Trinajstić information content (AvgIpc) is 3.16. The molecule has 8 nitrogen and oxygen atoms in total. The Morgan fingerprint density at radius 1 is 1.05 bits per heavy atom. The van der Waals surface area contributed by atoms with Crippen LogP contribution in [0.3, 0.4) is 0 Å². The van der Waals surface area contributed by atoms with Crippen molar-refractivity contribution in [1.29, 1.82) is 0 Å². The van der Waals surface area contributed by atoms with Crippen LogP contribution in [0.25, 0.3) is 0 Å². The van der Waals surface area contributed by atoms with Gasteiger partial charge in [-0.2, -0.15) is 0 Å². The van der Waals surface area contributed by atoms with Gasteiger partial charge in [-0.3, -0.25) is 19.2 Å². The lowest BCUT2D eigenvalue weighted by molar-refractivity contribution is -0.153. The molecule has 0 aliphatic heterocycles. The maximum absolute atomic E-state index is 12.0. The third kappa shape index (κ3) is 3.94. The van der Waals surface area contributed by atoms with Crippen molar-refractivity contribution in [2.45, 2.75) is 6.42 Å². The Bertz CT molecular complexity index is 388. The first-order chi connectivity index (χ1) is 8.90. The molecule has 2 unspecified atom stereocenters. The smallest absolute Gasteiger partial charge is 0.325 e. The highest BCUT2D eigenvalue weighted by Gasteiger charge is 2.50. The van der Waals surface area contributed by atoms with Gasteiger partial charge >= 0.3 is 17.9 Å². The highest BCUT2D eigenvalue weighted by Crippen LogP contribution is 2.40. The monoisotopic (exact) mass is 273 g/mol. The van der Waals surface area contributed by atoms with E-state index in [1.807, 2.05) is 0 Å². The molecule has 1 N–H and O–H groups in total. The number of carboxylic acids is 1. The molecule has 0 radical (unpaired) electrons. The topological polar surface area (TPSA) is 110 Å². The van der Waals surface area contributed by atoms with E-state index >= 15 is 0 Å². The first-order valence-electron chi connectivity index (χ1n) is 5.56. The lowest BCUT2D eigenvalue weighted by Crippen LogP contribution is -2.41. The Morgan fingerprint density at radius 2 is 1.53 bits per heavy atom. The largest absolute Gasteiger partial charge is 0.481 e. The number of methoxy groups -OCH3 is 2. The number of carbonyl (C=O) groups is 4. The quantitative estimate of drug-likeness (QED) is 0.610. The number of carboxylic acid groups (broad SMARTS) is 1. The van der Waals surface area contributed by atoms with E-state index in [0.29, 0.717) is 0 Å². The van der Waals surface area contributed by atoms with Crippen LogP contribution in [-0.2, 0) is 28.7 Å². The van der Waals surface area contributed by atoms with Gasteiger partial charge in [-0.1, -0.05) is 0 Å². The molecule has 0 bridgehead atoms. The number of hydrogen-bond acceptors (Lipinski definition) is 6. The number of esters is 2. The lowest BCUT2D eigenvalue weighted by Gasteiger charge is -2.20. The van der Waals surface area contributed by atoms with Crippen molar-refractivity contribution in [3.63, 3.8) is 0 Å². The summed E-state index contributed by atoms with van der Waals surface area (Å²) in [7, 11) is 2.31. The van der Waals surface area contributed by atoms with E-state index in [0.717, 1.165) is 19.1 Å². The van der Waals surface area contributed by atoms with Crippen LogP contribution in [-0.4, -0.2) is 61.1 Å². The predicted octanol–water partition coefficient (Wildman–Crippen LogP) is -1.12. The van der Waals surface area contributed by atoms with Crippen molar-refractivity contribution < 1.29 is 33.8 Å². The summed E-state index contributed by atoms with van der Waals surface area (Å²) < 4.78 is 8.84. The average molecular weight is 273 g/mol. The number of aliphatic carboxylic acids is 1. The maximum Gasteiger partial charge on any atom is 0.325 e. The lowest BCUT2D eigenvalue weighted by atomic mass is 10.2. The maximum atomic E-state index is 12.0. The molecule has 0 aromatic rings. The molecule has 0 aromatic carbocycles. The molecule has 2 atom stereocenters. The van der Waals surface area contributed by atoms with Crippen LogP contribution >= 0.6 is 0 Å². The second-order valence-corrected chi connectivity index (χ2v) is 4.13. The van der Waals surface area contributed by atoms with Gasteiger partial charge in [0.05, 0.1) is 26.1 Å². The molecule has 1 saturated carbocycles. The Kier molecular flexibility index (Phi) is 4.85. The zero-order valence-corrected chi connectivity index (χ0v) is 10.6. The van der Waals surface area contributed by atoms with Gasteiger partial charge in [-0.15, -0.1) is 0 Å². The second-order valence-electron chi connectivity index (χ2n) is 4.13. The zero-order chi connectivity index (χ0) is 14.6. The standard InChI is InChI=1S/C11H15NO7/c1-18-8(13)4-12(5-9(14)19-2)10(15)6-3-7(6)11(16)17/h6-7H,3-5H2,1-2H3,(H,16,17). The molecule has 1 aliphatic carbocycles. The molecular formula is C11H15NO7. The van der Waals surface area contributed by atoms with Crippen LogP contribution in [0.2, 0.25) is 0 Å². The van der Waals surface area contributed by atoms with Gasteiger partial charge in [0.25, 0.3) is 0 Å². The van der Waals surface area contributed by atoms with Crippen molar-refractivity contribution in [3.8, 4) is 0 Å². The summed E-state index contributed by atoms with van der Waals surface area (Å²) in [5.74, 6) is -4.43.